The summed E-state index contributed by atoms with van der Waals surface area (Å²) in [6, 6.07) is 12.9. The molecule has 0 atom stereocenters. The maximum Gasteiger partial charge on any atom is 0.315 e. The number of hydrogen-bond donors (Lipinski definition) is 3. The number of amides is 3. The minimum absolute atomic E-state index is 0.103. The first-order valence-corrected chi connectivity index (χ1v) is 8.77. The maximum atomic E-state index is 11.9. The predicted octanol–water partition coefficient (Wildman–Crippen LogP) is 2.12. The summed E-state index contributed by atoms with van der Waals surface area (Å²) in [4.78, 5) is 30.3. The van der Waals surface area contributed by atoms with E-state index in [1.807, 2.05) is 42.5 Å². The number of rotatable bonds is 6. The Labute approximate surface area is 152 Å². The lowest BCUT2D eigenvalue weighted by molar-refractivity contribution is -0.115. The summed E-state index contributed by atoms with van der Waals surface area (Å²) >= 11 is 0. The fourth-order valence-corrected chi connectivity index (χ4v) is 2.80. The normalized spacial score (nSPS) is 13.3. The molecule has 1 aliphatic rings. The topological polar surface area (TPSA) is 86.4 Å². The molecule has 2 aromatic rings. The molecule has 1 aromatic carbocycles. The number of aromatic nitrogens is 1. The molecule has 1 saturated heterocycles. The Morgan fingerprint density at radius 1 is 1.00 bits per heavy atom. The summed E-state index contributed by atoms with van der Waals surface area (Å²) in [6.45, 7) is 2.37. The van der Waals surface area contributed by atoms with Crippen molar-refractivity contribution < 1.29 is 9.59 Å². The molecule has 136 valence electrons. The first kappa shape index (κ1) is 17.7. The smallest absolute Gasteiger partial charge is 0.315 e. The Balaban J connectivity index is 1.38. The summed E-state index contributed by atoms with van der Waals surface area (Å²) in [7, 11) is 0. The number of pyridine rings is 1. The van der Waals surface area contributed by atoms with Gasteiger partial charge < -0.3 is 20.9 Å². The molecule has 26 heavy (non-hydrogen) atoms. The van der Waals surface area contributed by atoms with Crippen LogP contribution in [-0.2, 0) is 11.3 Å². The number of carbonyl (C=O) groups is 2. The molecular weight excluding hydrogens is 330 g/mol. The van der Waals surface area contributed by atoms with E-state index >= 15 is 0 Å². The lowest BCUT2D eigenvalue weighted by atomic mass is 10.2. The molecule has 7 heteroatoms. The highest BCUT2D eigenvalue weighted by Crippen LogP contribution is 2.18. The first-order valence-electron chi connectivity index (χ1n) is 8.77. The molecule has 1 fully saturated rings. The number of benzene rings is 1. The van der Waals surface area contributed by atoms with Crippen molar-refractivity contribution in [1.82, 2.24) is 15.6 Å². The first-order chi connectivity index (χ1) is 12.7. The number of carbonyl (C=O) groups excluding carboxylic acids is 2. The van der Waals surface area contributed by atoms with Gasteiger partial charge in [-0.15, -0.1) is 0 Å². The van der Waals surface area contributed by atoms with Crippen molar-refractivity contribution in [2.24, 2.45) is 0 Å². The minimum atomic E-state index is -0.383. The second-order valence-corrected chi connectivity index (χ2v) is 6.17. The van der Waals surface area contributed by atoms with Gasteiger partial charge in [0, 0.05) is 19.6 Å². The Kier molecular flexibility index (Phi) is 6.03. The molecule has 0 aliphatic carbocycles. The molecule has 3 amide bonds. The molecule has 2 heterocycles. The van der Waals surface area contributed by atoms with E-state index in [-0.39, 0.29) is 18.5 Å². The van der Waals surface area contributed by atoms with Gasteiger partial charge in [0.2, 0.25) is 5.91 Å². The van der Waals surface area contributed by atoms with Gasteiger partial charge in [0.05, 0.1) is 18.4 Å². The van der Waals surface area contributed by atoms with Gasteiger partial charge in [0.1, 0.15) is 5.82 Å². The van der Waals surface area contributed by atoms with Crippen LogP contribution in [0, 0.1) is 0 Å². The number of hydrogen-bond acceptors (Lipinski definition) is 4. The Hall–Kier alpha value is -3.09. The van der Waals surface area contributed by atoms with Crippen LogP contribution in [0.25, 0.3) is 0 Å². The van der Waals surface area contributed by atoms with Crippen LogP contribution in [-0.4, -0.2) is 36.6 Å². The summed E-state index contributed by atoms with van der Waals surface area (Å²) in [5.41, 5.74) is 1.61. The fraction of sp³-hybridized carbons (Fsp3) is 0.316. The predicted molar refractivity (Wildman–Crippen MR) is 101 cm³/mol. The van der Waals surface area contributed by atoms with E-state index in [4.69, 9.17) is 0 Å². The molecule has 0 spiro atoms. The quantitative estimate of drug-likeness (QED) is 0.742. The van der Waals surface area contributed by atoms with Crippen molar-refractivity contribution in [3.8, 4) is 0 Å². The van der Waals surface area contributed by atoms with Crippen molar-refractivity contribution in [2.75, 3.05) is 29.9 Å². The second kappa shape index (κ2) is 8.84. The minimum Gasteiger partial charge on any atom is -0.357 e. The molecule has 0 saturated carbocycles. The zero-order valence-corrected chi connectivity index (χ0v) is 14.6. The monoisotopic (exact) mass is 353 g/mol. The molecule has 1 aromatic heterocycles. The van der Waals surface area contributed by atoms with Gasteiger partial charge in [-0.3, -0.25) is 4.79 Å². The van der Waals surface area contributed by atoms with Gasteiger partial charge in [-0.05, 0) is 30.5 Å². The van der Waals surface area contributed by atoms with Gasteiger partial charge >= 0.3 is 6.03 Å². The van der Waals surface area contributed by atoms with E-state index in [1.165, 1.54) is 12.8 Å². The van der Waals surface area contributed by atoms with E-state index in [0.717, 1.165) is 24.5 Å². The molecule has 7 nitrogen and oxygen atoms in total. The highest BCUT2D eigenvalue weighted by molar-refractivity contribution is 5.94. The standard InChI is InChI=1S/C19H23N5O2/c25-18(14-22-19(26)21-12-15-6-2-1-3-7-15)23-16-8-9-17(20-13-16)24-10-4-5-11-24/h1-3,6-9,13H,4-5,10-12,14H2,(H,23,25)(H2,21,22,26). The summed E-state index contributed by atoms with van der Waals surface area (Å²) in [5.74, 6) is 0.634. The van der Waals surface area contributed by atoms with Crippen LogP contribution in [0.1, 0.15) is 18.4 Å². The van der Waals surface area contributed by atoms with Crippen LogP contribution in [0.3, 0.4) is 0 Å². The van der Waals surface area contributed by atoms with Crippen molar-refractivity contribution in [2.45, 2.75) is 19.4 Å². The lowest BCUT2D eigenvalue weighted by Crippen LogP contribution is -2.39. The zero-order chi connectivity index (χ0) is 18.2. The van der Waals surface area contributed by atoms with Crippen LogP contribution in [0.15, 0.2) is 48.7 Å². The van der Waals surface area contributed by atoms with Crippen molar-refractivity contribution in [3.63, 3.8) is 0 Å². The SMILES string of the molecule is O=C(CNC(=O)NCc1ccccc1)Nc1ccc(N2CCCC2)nc1. The summed E-state index contributed by atoms with van der Waals surface area (Å²) in [6.07, 6.45) is 4.03. The van der Waals surface area contributed by atoms with Gasteiger partial charge in [-0.2, -0.15) is 0 Å². The number of nitrogens with one attached hydrogen (secondary N) is 3. The molecule has 1 aliphatic heterocycles. The van der Waals surface area contributed by atoms with Crippen molar-refractivity contribution >= 4 is 23.4 Å². The third-order valence-electron chi connectivity index (χ3n) is 4.17. The lowest BCUT2D eigenvalue weighted by Gasteiger charge is -2.16. The summed E-state index contributed by atoms with van der Waals surface area (Å²) in [5, 5.41) is 7.97. The number of urea groups is 1. The van der Waals surface area contributed by atoms with Gasteiger partial charge in [0.15, 0.2) is 0 Å². The maximum absolute atomic E-state index is 11.9. The molecule has 0 unspecified atom stereocenters. The van der Waals surface area contributed by atoms with Crippen LogP contribution in [0.5, 0.6) is 0 Å². The average Bonchev–Trinajstić information content (AvgIpc) is 3.21. The largest absolute Gasteiger partial charge is 0.357 e. The third-order valence-corrected chi connectivity index (χ3v) is 4.17. The van der Waals surface area contributed by atoms with E-state index in [9.17, 15) is 9.59 Å². The number of anilines is 2. The highest BCUT2D eigenvalue weighted by Gasteiger charge is 2.13. The van der Waals surface area contributed by atoms with E-state index in [0.29, 0.717) is 12.2 Å². The summed E-state index contributed by atoms with van der Waals surface area (Å²) < 4.78 is 0. The van der Waals surface area contributed by atoms with Crippen LogP contribution >= 0.6 is 0 Å². The highest BCUT2D eigenvalue weighted by atomic mass is 16.2. The molecule has 0 radical (unpaired) electrons. The van der Waals surface area contributed by atoms with Crippen LogP contribution in [0.2, 0.25) is 0 Å². The van der Waals surface area contributed by atoms with E-state index in [1.54, 1.807) is 6.20 Å². The molecule has 3 N–H and O–H groups in total. The average molecular weight is 353 g/mol. The van der Waals surface area contributed by atoms with E-state index in [2.05, 4.69) is 25.8 Å². The number of nitrogens with zero attached hydrogens (tertiary/aromatic N) is 2. The molecule has 3 rings (SSSR count). The van der Waals surface area contributed by atoms with E-state index < -0.39 is 0 Å². The Morgan fingerprint density at radius 3 is 2.46 bits per heavy atom. The molecular formula is C19H23N5O2. The van der Waals surface area contributed by atoms with Crippen molar-refractivity contribution in [3.05, 3.63) is 54.2 Å². The second-order valence-electron chi connectivity index (χ2n) is 6.17. The third kappa shape index (κ3) is 5.20. The Morgan fingerprint density at radius 2 is 1.77 bits per heavy atom. The zero-order valence-electron chi connectivity index (χ0n) is 14.6. The Bertz CT molecular complexity index is 727. The fourth-order valence-electron chi connectivity index (χ4n) is 2.80. The van der Waals surface area contributed by atoms with Gasteiger partial charge in [-0.25, -0.2) is 9.78 Å². The van der Waals surface area contributed by atoms with Gasteiger partial charge in [-0.1, -0.05) is 30.3 Å². The molecule has 0 bridgehead atoms. The van der Waals surface area contributed by atoms with Crippen molar-refractivity contribution in [1.29, 1.82) is 0 Å². The van der Waals surface area contributed by atoms with Gasteiger partial charge in [0.25, 0.3) is 0 Å². The van der Waals surface area contributed by atoms with Crippen LogP contribution < -0.4 is 20.9 Å². The van der Waals surface area contributed by atoms with Crippen LogP contribution in [0.4, 0.5) is 16.3 Å².